The van der Waals surface area contributed by atoms with Crippen LogP contribution in [-0.4, -0.2) is 34.0 Å². The minimum absolute atomic E-state index is 0.212. The molecular weight excluding hydrogens is 262 g/mol. The predicted octanol–water partition coefficient (Wildman–Crippen LogP) is 2.13. The summed E-state index contributed by atoms with van der Waals surface area (Å²) in [5, 5.41) is 5.99. The number of hydrogen-bond donors (Lipinski definition) is 0. The van der Waals surface area contributed by atoms with Gasteiger partial charge < -0.3 is 9.42 Å². The molecule has 5 nitrogen and oxygen atoms in total. The number of amides is 1. The molecule has 0 aromatic carbocycles. The minimum Gasteiger partial charge on any atom is -0.341 e. The van der Waals surface area contributed by atoms with Crippen molar-refractivity contribution < 1.29 is 9.32 Å². The van der Waals surface area contributed by atoms with Gasteiger partial charge in [-0.25, -0.2) is 0 Å². The summed E-state index contributed by atoms with van der Waals surface area (Å²) in [6.07, 6.45) is 2.12. The molecule has 1 aliphatic carbocycles. The van der Waals surface area contributed by atoms with Gasteiger partial charge in [-0.2, -0.15) is 4.98 Å². The molecule has 1 saturated carbocycles. The van der Waals surface area contributed by atoms with Crippen LogP contribution in [0.25, 0.3) is 10.7 Å². The first-order valence-electron chi connectivity index (χ1n) is 6.47. The monoisotopic (exact) mass is 275 g/mol. The lowest BCUT2D eigenvalue weighted by Crippen LogP contribution is -2.49. The van der Waals surface area contributed by atoms with Crippen LogP contribution in [0.2, 0.25) is 0 Å². The van der Waals surface area contributed by atoms with Crippen LogP contribution < -0.4 is 0 Å². The lowest BCUT2D eigenvalue weighted by Gasteiger charge is -2.37. The van der Waals surface area contributed by atoms with E-state index >= 15 is 0 Å². The Bertz CT molecular complexity index is 597. The highest BCUT2D eigenvalue weighted by Gasteiger charge is 2.41. The lowest BCUT2D eigenvalue weighted by molar-refractivity contribution is -0.137. The zero-order valence-electron chi connectivity index (χ0n) is 10.3. The molecule has 2 aromatic heterocycles. The van der Waals surface area contributed by atoms with E-state index in [4.69, 9.17) is 4.52 Å². The fraction of sp³-hybridized carbons (Fsp3) is 0.462. The number of nitrogens with zero attached hydrogens (tertiary/aromatic N) is 3. The Hall–Kier alpha value is -1.69. The molecule has 2 fully saturated rings. The highest BCUT2D eigenvalue weighted by atomic mass is 32.1. The average Bonchev–Trinajstić information content (AvgIpc) is 2.88. The molecule has 1 amide bonds. The van der Waals surface area contributed by atoms with Gasteiger partial charge in [-0.3, -0.25) is 4.79 Å². The molecule has 2 aliphatic rings. The third kappa shape index (κ3) is 1.96. The van der Waals surface area contributed by atoms with Crippen molar-refractivity contribution in [3.8, 4) is 10.7 Å². The van der Waals surface area contributed by atoms with E-state index in [1.807, 2.05) is 22.4 Å². The molecule has 0 bridgehead atoms. The fourth-order valence-electron chi connectivity index (χ4n) is 2.31. The number of carbonyl (C=O) groups is 1. The van der Waals surface area contributed by atoms with Crippen molar-refractivity contribution >= 4 is 17.2 Å². The van der Waals surface area contributed by atoms with Gasteiger partial charge in [-0.15, -0.1) is 11.3 Å². The third-order valence-corrected chi connectivity index (χ3v) is 4.52. The van der Waals surface area contributed by atoms with Gasteiger partial charge >= 0.3 is 0 Å². The predicted molar refractivity (Wildman–Crippen MR) is 69.7 cm³/mol. The topological polar surface area (TPSA) is 59.2 Å². The summed E-state index contributed by atoms with van der Waals surface area (Å²) in [7, 11) is 0. The summed E-state index contributed by atoms with van der Waals surface area (Å²) < 4.78 is 5.30. The summed E-state index contributed by atoms with van der Waals surface area (Å²) in [5.41, 5.74) is 0. The minimum atomic E-state index is 0.212. The molecule has 4 rings (SSSR count). The molecule has 0 N–H and O–H groups in total. The standard InChI is InChI=1S/C13H13N3O2S/c17-13(8-3-4-8)16-6-9(7-16)12-14-11(15-18-12)10-2-1-5-19-10/h1-2,5,8-9H,3-4,6-7H2. The molecule has 1 aliphatic heterocycles. The molecule has 0 spiro atoms. The Labute approximate surface area is 114 Å². The fourth-order valence-corrected chi connectivity index (χ4v) is 2.96. The van der Waals surface area contributed by atoms with E-state index in [-0.39, 0.29) is 5.92 Å². The number of carbonyl (C=O) groups excluding carboxylic acids is 1. The van der Waals surface area contributed by atoms with Crippen molar-refractivity contribution in [1.82, 2.24) is 15.0 Å². The SMILES string of the molecule is O=C(C1CC1)N1CC(c2nc(-c3cccs3)no2)C1. The van der Waals surface area contributed by atoms with Crippen LogP contribution >= 0.6 is 11.3 Å². The van der Waals surface area contributed by atoms with E-state index in [1.165, 1.54) is 0 Å². The Morgan fingerprint density at radius 3 is 2.95 bits per heavy atom. The van der Waals surface area contributed by atoms with Gasteiger partial charge in [0.1, 0.15) is 0 Å². The molecule has 0 radical (unpaired) electrons. The van der Waals surface area contributed by atoms with Crippen LogP contribution in [0.4, 0.5) is 0 Å². The number of thiophene rings is 1. The first-order chi connectivity index (χ1) is 9.31. The molecular formula is C13H13N3O2S. The van der Waals surface area contributed by atoms with E-state index in [9.17, 15) is 4.79 Å². The van der Waals surface area contributed by atoms with Crippen molar-refractivity contribution in [1.29, 1.82) is 0 Å². The van der Waals surface area contributed by atoms with Gasteiger partial charge in [0.2, 0.25) is 17.6 Å². The zero-order valence-corrected chi connectivity index (χ0v) is 11.1. The number of likely N-dealkylation sites (tertiary alicyclic amines) is 1. The van der Waals surface area contributed by atoms with E-state index in [1.54, 1.807) is 11.3 Å². The highest BCUT2D eigenvalue weighted by molar-refractivity contribution is 7.13. The Balaban J connectivity index is 1.43. The molecule has 6 heteroatoms. The first kappa shape index (κ1) is 11.2. The van der Waals surface area contributed by atoms with E-state index in [0.29, 0.717) is 23.5 Å². The van der Waals surface area contributed by atoms with Crippen LogP contribution in [0.3, 0.4) is 0 Å². The van der Waals surface area contributed by atoms with Crippen molar-refractivity contribution in [2.75, 3.05) is 13.1 Å². The quantitative estimate of drug-likeness (QED) is 0.861. The Morgan fingerprint density at radius 1 is 1.42 bits per heavy atom. The van der Waals surface area contributed by atoms with Gasteiger partial charge in [0.15, 0.2) is 0 Å². The second kappa shape index (κ2) is 4.16. The maximum atomic E-state index is 11.8. The van der Waals surface area contributed by atoms with Crippen LogP contribution in [0.15, 0.2) is 22.0 Å². The number of rotatable bonds is 3. The number of aromatic nitrogens is 2. The summed E-state index contributed by atoms with van der Waals surface area (Å²) in [6.45, 7) is 1.45. The van der Waals surface area contributed by atoms with Crippen LogP contribution in [-0.2, 0) is 4.79 Å². The zero-order chi connectivity index (χ0) is 12.8. The van der Waals surface area contributed by atoms with Gasteiger partial charge in [-0.1, -0.05) is 11.2 Å². The summed E-state index contributed by atoms with van der Waals surface area (Å²) >= 11 is 1.59. The van der Waals surface area contributed by atoms with E-state index in [2.05, 4.69) is 10.1 Å². The van der Waals surface area contributed by atoms with Crippen LogP contribution in [0.1, 0.15) is 24.7 Å². The highest BCUT2D eigenvalue weighted by Crippen LogP contribution is 2.36. The van der Waals surface area contributed by atoms with Crippen molar-refractivity contribution in [3.63, 3.8) is 0 Å². The molecule has 3 heterocycles. The second-order valence-electron chi connectivity index (χ2n) is 5.15. The van der Waals surface area contributed by atoms with Crippen molar-refractivity contribution in [2.45, 2.75) is 18.8 Å². The van der Waals surface area contributed by atoms with Crippen LogP contribution in [0.5, 0.6) is 0 Å². The molecule has 2 aromatic rings. The van der Waals surface area contributed by atoms with Crippen molar-refractivity contribution in [2.24, 2.45) is 5.92 Å². The summed E-state index contributed by atoms with van der Waals surface area (Å²) in [5.74, 6) is 2.11. The normalized spacial score (nSPS) is 19.5. The van der Waals surface area contributed by atoms with E-state index < -0.39 is 0 Å². The maximum absolute atomic E-state index is 11.8. The first-order valence-corrected chi connectivity index (χ1v) is 7.35. The summed E-state index contributed by atoms with van der Waals surface area (Å²) in [4.78, 5) is 19.2. The Kier molecular flexibility index (Phi) is 2.44. The lowest BCUT2D eigenvalue weighted by atomic mass is 9.99. The van der Waals surface area contributed by atoms with Gasteiger partial charge in [0, 0.05) is 19.0 Å². The molecule has 19 heavy (non-hydrogen) atoms. The van der Waals surface area contributed by atoms with Gasteiger partial charge in [0.05, 0.1) is 10.8 Å². The van der Waals surface area contributed by atoms with Crippen molar-refractivity contribution in [3.05, 3.63) is 23.4 Å². The van der Waals surface area contributed by atoms with Crippen LogP contribution in [0, 0.1) is 5.92 Å². The maximum Gasteiger partial charge on any atom is 0.233 e. The second-order valence-corrected chi connectivity index (χ2v) is 6.10. The molecule has 0 atom stereocenters. The Morgan fingerprint density at radius 2 is 2.26 bits per heavy atom. The van der Waals surface area contributed by atoms with Gasteiger partial charge in [0.25, 0.3) is 0 Å². The average molecular weight is 275 g/mol. The molecule has 98 valence electrons. The summed E-state index contributed by atoms with van der Waals surface area (Å²) in [6, 6.07) is 3.94. The van der Waals surface area contributed by atoms with Gasteiger partial charge in [-0.05, 0) is 24.3 Å². The molecule has 0 unspecified atom stereocenters. The van der Waals surface area contributed by atoms with E-state index in [0.717, 1.165) is 30.8 Å². The number of hydrogen-bond acceptors (Lipinski definition) is 5. The molecule has 1 saturated heterocycles. The third-order valence-electron chi connectivity index (χ3n) is 3.65. The largest absolute Gasteiger partial charge is 0.341 e. The smallest absolute Gasteiger partial charge is 0.233 e.